The third kappa shape index (κ3) is 5.02. The Hall–Kier alpha value is -3.57. The molecule has 0 spiro atoms. The first-order chi connectivity index (χ1) is 17.7. The van der Waals surface area contributed by atoms with Crippen molar-refractivity contribution in [3.8, 4) is 10.4 Å². The smallest absolute Gasteiger partial charge is 0.221 e. The Morgan fingerprint density at radius 1 is 1.08 bits per heavy atom. The van der Waals surface area contributed by atoms with E-state index in [-0.39, 0.29) is 5.95 Å². The van der Waals surface area contributed by atoms with Crippen LogP contribution in [-0.4, -0.2) is 64.5 Å². The first-order valence-electron chi connectivity index (χ1n) is 12.1. The van der Waals surface area contributed by atoms with E-state index in [0.717, 1.165) is 68.1 Å². The maximum Gasteiger partial charge on any atom is 0.221 e. The van der Waals surface area contributed by atoms with E-state index in [1.165, 1.54) is 20.5 Å². The van der Waals surface area contributed by atoms with Crippen LogP contribution in [0.15, 0.2) is 54.9 Å². The van der Waals surface area contributed by atoms with Gasteiger partial charge in [0.05, 0.1) is 24.9 Å². The van der Waals surface area contributed by atoms with Gasteiger partial charge in [-0.1, -0.05) is 6.07 Å². The third-order valence-electron chi connectivity index (χ3n) is 6.38. The Labute approximate surface area is 212 Å². The topological polar surface area (TPSA) is 117 Å². The molecule has 184 valence electrons. The normalized spacial score (nSPS) is 14.6. The van der Waals surface area contributed by atoms with Crippen LogP contribution in [0.4, 0.5) is 17.5 Å². The summed E-state index contributed by atoms with van der Waals surface area (Å²) in [5.41, 5.74) is 10.1. The molecule has 0 atom stereocenters. The maximum absolute atomic E-state index is 5.75. The minimum absolute atomic E-state index is 0.237. The van der Waals surface area contributed by atoms with Gasteiger partial charge in [0.2, 0.25) is 5.95 Å². The van der Waals surface area contributed by atoms with Crippen LogP contribution in [0.25, 0.3) is 31.4 Å². The third-order valence-corrected chi connectivity index (χ3v) is 7.53. The minimum Gasteiger partial charge on any atom is -0.379 e. The Balaban J connectivity index is 1.21. The molecule has 0 amide bonds. The van der Waals surface area contributed by atoms with Gasteiger partial charge in [-0.2, -0.15) is 10.1 Å². The van der Waals surface area contributed by atoms with Crippen molar-refractivity contribution in [3.63, 3.8) is 0 Å². The van der Waals surface area contributed by atoms with E-state index in [1.807, 2.05) is 6.20 Å². The molecule has 0 bridgehead atoms. The number of nitrogen functional groups attached to an aromatic ring is 1. The van der Waals surface area contributed by atoms with Gasteiger partial charge in [-0.25, -0.2) is 4.98 Å². The number of morpholine rings is 1. The number of anilines is 3. The zero-order valence-electron chi connectivity index (χ0n) is 19.8. The quantitative estimate of drug-likeness (QED) is 0.236. The Morgan fingerprint density at radius 2 is 2.00 bits per heavy atom. The number of aromatic nitrogens is 4. The number of hydrogen-bond donors (Lipinski definition) is 4. The summed E-state index contributed by atoms with van der Waals surface area (Å²) in [5.74, 6) is 0.888. The fraction of sp³-hybridized carbons (Fsp3) is 0.269. The number of H-pyrrole nitrogens is 1. The minimum atomic E-state index is 0.237. The van der Waals surface area contributed by atoms with Gasteiger partial charge in [0.25, 0.3) is 0 Å². The number of ether oxygens (including phenoxy) is 1. The van der Waals surface area contributed by atoms with Crippen LogP contribution in [0.2, 0.25) is 0 Å². The second-order valence-corrected chi connectivity index (χ2v) is 9.98. The second kappa shape index (κ2) is 10.2. The van der Waals surface area contributed by atoms with Gasteiger partial charge in [-0.05, 0) is 47.3 Å². The molecule has 5 aromatic rings. The van der Waals surface area contributed by atoms with E-state index < -0.39 is 0 Å². The summed E-state index contributed by atoms with van der Waals surface area (Å²) in [5, 5.41) is 16.7. The average molecular weight is 501 g/mol. The summed E-state index contributed by atoms with van der Waals surface area (Å²) >= 11 is 1.78. The predicted molar refractivity (Wildman–Crippen MR) is 146 cm³/mol. The molecule has 3 aromatic heterocycles. The molecule has 0 aliphatic carbocycles. The van der Waals surface area contributed by atoms with E-state index >= 15 is 0 Å². The zero-order chi connectivity index (χ0) is 24.3. The lowest BCUT2D eigenvalue weighted by atomic mass is 10.1. The number of nitrogens with zero attached hydrogens (tertiary/aromatic N) is 4. The maximum atomic E-state index is 5.75. The largest absolute Gasteiger partial charge is 0.379 e. The van der Waals surface area contributed by atoms with Gasteiger partial charge in [0.1, 0.15) is 5.82 Å². The van der Waals surface area contributed by atoms with Crippen LogP contribution in [0.1, 0.15) is 5.56 Å². The molecule has 0 radical (unpaired) electrons. The van der Waals surface area contributed by atoms with Gasteiger partial charge in [0.15, 0.2) is 0 Å². The fourth-order valence-corrected chi connectivity index (χ4v) is 5.61. The molecule has 6 rings (SSSR count). The van der Waals surface area contributed by atoms with Gasteiger partial charge >= 0.3 is 0 Å². The number of nitrogens with two attached hydrogens (primary N) is 1. The first kappa shape index (κ1) is 22.9. The SMILES string of the molecule is Nc1nccc(Nc2cc(-c3cc4cc(CNCCN5CCOCC5)ccc4s3)c3[nH]ncc3c2)n1. The van der Waals surface area contributed by atoms with Crippen LogP contribution >= 0.6 is 11.3 Å². The van der Waals surface area contributed by atoms with Crippen molar-refractivity contribution in [2.75, 3.05) is 50.4 Å². The lowest BCUT2D eigenvalue weighted by Crippen LogP contribution is -2.40. The summed E-state index contributed by atoms with van der Waals surface area (Å²) < 4.78 is 6.69. The van der Waals surface area contributed by atoms with E-state index in [2.05, 4.69) is 72.1 Å². The number of hydrogen-bond acceptors (Lipinski definition) is 9. The highest BCUT2D eigenvalue weighted by Gasteiger charge is 2.13. The van der Waals surface area contributed by atoms with Gasteiger partial charge in [0, 0.05) is 65.1 Å². The van der Waals surface area contributed by atoms with E-state index in [4.69, 9.17) is 10.5 Å². The number of aromatic amines is 1. The molecule has 4 heterocycles. The highest BCUT2D eigenvalue weighted by atomic mass is 32.1. The summed E-state index contributed by atoms with van der Waals surface area (Å²) in [6.07, 6.45) is 3.48. The van der Waals surface area contributed by atoms with Crippen molar-refractivity contribution in [1.82, 2.24) is 30.4 Å². The molecule has 1 saturated heterocycles. The first-order valence-corrected chi connectivity index (χ1v) is 12.9. The average Bonchev–Trinajstić information content (AvgIpc) is 3.53. The van der Waals surface area contributed by atoms with Crippen molar-refractivity contribution in [2.45, 2.75) is 6.54 Å². The predicted octanol–water partition coefficient (Wildman–Crippen LogP) is 3.98. The van der Waals surface area contributed by atoms with Crippen molar-refractivity contribution in [1.29, 1.82) is 0 Å². The van der Waals surface area contributed by atoms with Crippen molar-refractivity contribution < 1.29 is 4.74 Å². The van der Waals surface area contributed by atoms with E-state index in [0.29, 0.717) is 5.82 Å². The number of thiophene rings is 1. The molecule has 1 fully saturated rings. The summed E-state index contributed by atoms with van der Waals surface area (Å²) in [6, 6.07) is 15.0. The molecule has 5 N–H and O–H groups in total. The molecule has 0 unspecified atom stereocenters. The number of fused-ring (bicyclic) bond motifs is 2. The Morgan fingerprint density at radius 3 is 2.89 bits per heavy atom. The van der Waals surface area contributed by atoms with Crippen LogP contribution in [0.5, 0.6) is 0 Å². The molecule has 1 aliphatic rings. The molecular formula is C26H28N8OS. The molecule has 2 aromatic carbocycles. The van der Waals surface area contributed by atoms with Crippen LogP contribution < -0.4 is 16.4 Å². The summed E-state index contributed by atoms with van der Waals surface area (Å²) in [6.45, 7) is 6.63. The lowest BCUT2D eigenvalue weighted by Gasteiger charge is -2.26. The molecule has 10 heteroatoms. The Kier molecular flexibility index (Phi) is 6.48. The highest BCUT2D eigenvalue weighted by Crippen LogP contribution is 2.39. The lowest BCUT2D eigenvalue weighted by molar-refractivity contribution is 0.0384. The van der Waals surface area contributed by atoms with Crippen LogP contribution in [0, 0.1) is 0 Å². The molecule has 0 saturated carbocycles. The van der Waals surface area contributed by atoms with Crippen LogP contribution in [-0.2, 0) is 11.3 Å². The second-order valence-electron chi connectivity index (χ2n) is 8.90. The highest BCUT2D eigenvalue weighted by molar-refractivity contribution is 7.22. The van der Waals surface area contributed by atoms with Gasteiger partial charge in [-0.3, -0.25) is 10.00 Å². The van der Waals surface area contributed by atoms with E-state index in [9.17, 15) is 0 Å². The fourth-order valence-electron chi connectivity index (χ4n) is 4.55. The molecule has 36 heavy (non-hydrogen) atoms. The molecular weight excluding hydrogens is 472 g/mol. The standard InChI is InChI=1S/C26H28N8OS/c27-26-29-4-3-24(32-26)31-20-12-19-16-30-33-25(19)21(14-20)23-13-18-11-17(1-2-22(18)36-23)15-28-5-6-34-7-9-35-10-8-34/h1-4,11-14,16,28H,5-10,15H2,(H,30,33)(H3,27,29,31,32). The van der Waals surface area contributed by atoms with Crippen LogP contribution in [0.3, 0.4) is 0 Å². The zero-order valence-corrected chi connectivity index (χ0v) is 20.6. The molecule has 1 aliphatic heterocycles. The number of benzene rings is 2. The van der Waals surface area contributed by atoms with Gasteiger partial charge < -0.3 is 21.1 Å². The number of rotatable bonds is 8. The van der Waals surface area contributed by atoms with E-state index in [1.54, 1.807) is 23.6 Å². The van der Waals surface area contributed by atoms with Gasteiger partial charge in [-0.15, -0.1) is 11.3 Å². The molecule has 9 nitrogen and oxygen atoms in total. The number of nitrogens with one attached hydrogen (secondary N) is 3. The monoisotopic (exact) mass is 500 g/mol. The Bertz CT molecular complexity index is 1490. The summed E-state index contributed by atoms with van der Waals surface area (Å²) in [4.78, 5) is 11.9. The van der Waals surface area contributed by atoms with Crippen molar-refractivity contribution in [2.24, 2.45) is 0 Å². The summed E-state index contributed by atoms with van der Waals surface area (Å²) in [7, 11) is 0. The van der Waals surface area contributed by atoms with Crippen molar-refractivity contribution in [3.05, 3.63) is 60.4 Å². The van der Waals surface area contributed by atoms with Crippen molar-refractivity contribution >= 4 is 49.8 Å².